The minimum atomic E-state index is -3.51. The number of nitrogens with one attached hydrogen (secondary N) is 2. The molecule has 2 aromatic rings. The van der Waals surface area contributed by atoms with Crippen molar-refractivity contribution in [2.45, 2.75) is 24.9 Å². The minimum Gasteiger partial charge on any atom is -0.357 e. The zero-order valence-corrected chi connectivity index (χ0v) is 18.9. The third-order valence-corrected chi connectivity index (χ3v) is 5.56. The summed E-state index contributed by atoms with van der Waals surface area (Å²) in [5, 5.41) is 6.36. The van der Waals surface area contributed by atoms with Gasteiger partial charge in [-0.05, 0) is 30.7 Å². The largest absolute Gasteiger partial charge is 0.357 e. The van der Waals surface area contributed by atoms with Gasteiger partial charge in [-0.25, -0.2) is 17.7 Å². The van der Waals surface area contributed by atoms with E-state index in [9.17, 15) is 8.42 Å². The zero-order valence-electron chi connectivity index (χ0n) is 15.7. The van der Waals surface area contributed by atoms with Crippen LogP contribution in [0.4, 0.5) is 0 Å². The average molecular weight is 503 g/mol. The van der Waals surface area contributed by atoms with Crippen molar-refractivity contribution in [3.63, 3.8) is 0 Å². The van der Waals surface area contributed by atoms with Crippen molar-refractivity contribution >= 4 is 40.0 Å². The van der Waals surface area contributed by atoms with Crippen LogP contribution < -0.4 is 10.6 Å². The first-order chi connectivity index (χ1) is 12.4. The molecule has 0 aliphatic rings. The van der Waals surface area contributed by atoms with Gasteiger partial charge in [0, 0.05) is 26.8 Å². The Bertz CT molecular complexity index is 842. The Balaban J connectivity index is 0.00000364. The maximum Gasteiger partial charge on any atom is 0.242 e. The van der Waals surface area contributed by atoms with Crippen molar-refractivity contribution in [2.24, 2.45) is 4.99 Å². The Morgan fingerprint density at radius 1 is 1.11 bits per heavy atom. The monoisotopic (exact) mass is 503 g/mol. The van der Waals surface area contributed by atoms with E-state index in [0.717, 1.165) is 5.69 Å². The highest BCUT2D eigenvalue weighted by Gasteiger charge is 2.20. The molecule has 27 heavy (non-hydrogen) atoms. The van der Waals surface area contributed by atoms with E-state index >= 15 is 0 Å². The van der Waals surface area contributed by atoms with E-state index in [1.165, 1.54) is 18.4 Å². The quantitative estimate of drug-likeness (QED) is 0.344. The highest BCUT2D eigenvalue weighted by molar-refractivity contribution is 14.0. The highest BCUT2D eigenvalue weighted by atomic mass is 127. The van der Waals surface area contributed by atoms with Crippen LogP contribution in [-0.4, -0.2) is 44.3 Å². The van der Waals surface area contributed by atoms with Gasteiger partial charge < -0.3 is 10.6 Å². The number of pyridine rings is 1. The Morgan fingerprint density at radius 3 is 2.44 bits per heavy atom. The summed E-state index contributed by atoms with van der Waals surface area (Å²) < 4.78 is 26.2. The predicted molar refractivity (Wildman–Crippen MR) is 119 cm³/mol. The number of halogens is 1. The molecule has 148 valence electrons. The average Bonchev–Trinajstić information content (AvgIpc) is 2.65. The van der Waals surface area contributed by atoms with E-state index in [4.69, 9.17) is 0 Å². The van der Waals surface area contributed by atoms with Crippen molar-refractivity contribution in [3.05, 3.63) is 59.9 Å². The van der Waals surface area contributed by atoms with Crippen LogP contribution in [0.5, 0.6) is 0 Å². The number of sulfonamides is 1. The summed E-state index contributed by atoms with van der Waals surface area (Å²) in [4.78, 5) is 9.05. The lowest BCUT2D eigenvalue weighted by Crippen LogP contribution is -2.37. The smallest absolute Gasteiger partial charge is 0.242 e. The molecule has 1 aromatic carbocycles. The molecule has 9 heteroatoms. The van der Waals surface area contributed by atoms with E-state index in [0.29, 0.717) is 24.6 Å². The van der Waals surface area contributed by atoms with E-state index in [1.54, 1.807) is 24.4 Å². The van der Waals surface area contributed by atoms with Crippen LogP contribution in [0.15, 0.2) is 58.5 Å². The lowest BCUT2D eigenvalue weighted by molar-refractivity contribution is 0.519. The number of benzene rings is 1. The lowest BCUT2D eigenvalue weighted by atomic mass is 10.2. The predicted octanol–water partition coefficient (Wildman–Crippen LogP) is 2.21. The molecule has 0 bridgehead atoms. The summed E-state index contributed by atoms with van der Waals surface area (Å²) in [6.07, 6.45) is 1.74. The van der Waals surface area contributed by atoms with Crippen molar-refractivity contribution < 1.29 is 8.42 Å². The molecule has 2 N–H and O–H groups in total. The molecule has 0 aliphatic carbocycles. The highest BCUT2D eigenvalue weighted by Crippen LogP contribution is 2.19. The van der Waals surface area contributed by atoms with Gasteiger partial charge in [-0.3, -0.25) is 4.98 Å². The number of rotatable bonds is 7. The van der Waals surface area contributed by atoms with E-state index in [-0.39, 0.29) is 35.4 Å². The molecule has 0 atom stereocenters. The summed E-state index contributed by atoms with van der Waals surface area (Å²) in [6, 6.07) is 12.6. The molecule has 7 nitrogen and oxygen atoms in total. The van der Waals surface area contributed by atoms with Gasteiger partial charge in [0.2, 0.25) is 10.0 Å². The molecule has 0 saturated carbocycles. The molecule has 2 rings (SSSR count). The molecular formula is C18H26IN5O2S. The van der Waals surface area contributed by atoms with Gasteiger partial charge in [0.05, 0.1) is 23.7 Å². The van der Waals surface area contributed by atoms with Crippen LogP contribution in [0.3, 0.4) is 0 Å². The van der Waals surface area contributed by atoms with E-state index in [1.807, 2.05) is 31.2 Å². The second kappa shape index (κ2) is 11.2. The fraction of sp³-hybridized carbons (Fsp3) is 0.333. The molecule has 1 heterocycles. The van der Waals surface area contributed by atoms with Gasteiger partial charge >= 0.3 is 0 Å². The van der Waals surface area contributed by atoms with Crippen molar-refractivity contribution in [3.8, 4) is 0 Å². The standard InChI is InChI=1S/C18H25N5O2S.HI/c1-4-19-18(22-14-16-10-7-8-12-20-16)21-13-15-9-5-6-11-17(15)26(24,25)23(2)3;/h5-12H,4,13-14H2,1-3H3,(H2,19,21,22);1H. The fourth-order valence-corrected chi connectivity index (χ4v) is 3.37. The first kappa shape index (κ1) is 23.3. The van der Waals surface area contributed by atoms with E-state index < -0.39 is 10.0 Å². The number of aliphatic imine (C=N–C) groups is 1. The van der Waals surface area contributed by atoms with Crippen molar-refractivity contribution in [1.82, 2.24) is 19.9 Å². The number of nitrogens with zero attached hydrogens (tertiary/aromatic N) is 3. The first-order valence-electron chi connectivity index (χ1n) is 8.37. The number of guanidine groups is 1. The first-order valence-corrected chi connectivity index (χ1v) is 9.81. The van der Waals surface area contributed by atoms with E-state index in [2.05, 4.69) is 20.6 Å². The van der Waals surface area contributed by atoms with Crippen molar-refractivity contribution in [2.75, 3.05) is 20.6 Å². The Kier molecular flexibility index (Phi) is 9.67. The lowest BCUT2D eigenvalue weighted by Gasteiger charge is -2.15. The number of aromatic nitrogens is 1. The molecular weight excluding hydrogens is 477 g/mol. The van der Waals surface area contributed by atoms with Crippen LogP contribution in [0.25, 0.3) is 0 Å². The third kappa shape index (κ3) is 6.74. The van der Waals surface area contributed by atoms with Crippen LogP contribution in [0.1, 0.15) is 18.2 Å². The maximum absolute atomic E-state index is 12.5. The molecule has 0 unspecified atom stereocenters. The van der Waals surface area contributed by atoms with Gasteiger partial charge in [0.25, 0.3) is 0 Å². The minimum absolute atomic E-state index is 0. The zero-order chi connectivity index (χ0) is 19.0. The molecule has 0 aliphatic heterocycles. The summed E-state index contributed by atoms with van der Waals surface area (Å²) in [5.74, 6) is 0.607. The van der Waals surface area contributed by atoms with Gasteiger partial charge in [-0.1, -0.05) is 24.3 Å². The van der Waals surface area contributed by atoms with Crippen LogP contribution in [0.2, 0.25) is 0 Å². The second-order valence-corrected chi connectivity index (χ2v) is 7.89. The second-order valence-electron chi connectivity index (χ2n) is 5.76. The number of hydrogen-bond donors (Lipinski definition) is 2. The SMILES string of the molecule is CCNC(=NCc1ccccc1S(=O)(=O)N(C)C)NCc1ccccn1.I. The summed E-state index contributed by atoms with van der Waals surface area (Å²) in [5.41, 5.74) is 1.55. The van der Waals surface area contributed by atoms with Gasteiger partial charge in [0.1, 0.15) is 0 Å². The molecule has 0 saturated heterocycles. The topological polar surface area (TPSA) is 86.7 Å². The van der Waals surface area contributed by atoms with Gasteiger partial charge in [-0.2, -0.15) is 0 Å². The van der Waals surface area contributed by atoms with Gasteiger partial charge in [-0.15, -0.1) is 24.0 Å². The molecule has 1 aromatic heterocycles. The molecule has 0 radical (unpaired) electrons. The molecule has 0 spiro atoms. The molecule has 0 amide bonds. The van der Waals surface area contributed by atoms with Crippen LogP contribution in [-0.2, 0) is 23.1 Å². The summed E-state index contributed by atoms with van der Waals surface area (Å²) in [6.45, 7) is 3.46. The van der Waals surface area contributed by atoms with Crippen LogP contribution in [0, 0.1) is 0 Å². The fourth-order valence-electron chi connectivity index (χ4n) is 2.27. The van der Waals surface area contributed by atoms with Gasteiger partial charge in [0.15, 0.2) is 5.96 Å². The summed E-state index contributed by atoms with van der Waals surface area (Å²) in [7, 11) is -0.466. The molecule has 0 fully saturated rings. The summed E-state index contributed by atoms with van der Waals surface area (Å²) >= 11 is 0. The van der Waals surface area contributed by atoms with Crippen LogP contribution >= 0.6 is 24.0 Å². The third-order valence-electron chi connectivity index (χ3n) is 3.65. The Labute approximate surface area is 178 Å². The Morgan fingerprint density at radius 2 is 1.81 bits per heavy atom. The van der Waals surface area contributed by atoms with Crippen molar-refractivity contribution in [1.29, 1.82) is 0 Å². The number of hydrogen-bond acceptors (Lipinski definition) is 4. The Hall–Kier alpha value is -1.72. The maximum atomic E-state index is 12.5. The normalized spacial score (nSPS) is 11.8.